The van der Waals surface area contributed by atoms with Crippen molar-refractivity contribution in [3.05, 3.63) is 52.7 Å². The van der Waals surface area contributed by atoms with E-state index in [1.807, 2.05) is 12.1 Å². The first-order valence-corrected chi connectivity index (χ1v) is 10.2. The fraction of sp³-hybridized carbons (Fsp3) is 0.455. The number of carbonyl (C=O) groups excluding carboxylic acids is 3. The van der Waals surface area contributed by atoms with Gasteiger partial charge in [0.25, 0.3) is 5.91 Å². The van der Waals surface area contributed by atoms with Crippen molar-refractivity contribution in [3.63, 3.8) is 0 Å². The molecule has 4 rings (SSSR count). The van der Waals surface area contributed by atoms with Crippen LogP contribution in [0.4, 0.5) is 0 Å². The predicted molar refractivity (Wildman–Crippen MR) is 105 cm³/mol. The number of furan rings is 1. The van der Waals surface area contributed by atoms with Gasteiger partial charge in [0, 0.05) is 56.4 Å². The Labute approximate surface area is 169 Å². The van der Waals surface area contributed by atoms with Gasteiger partial charge >= 0.3 is 0 Å². The quantitative estimate of drug-likeness (QED) is 0.859. The number of amides is 2. The number of aryl methyl sites for hydroxylation is 1. The molecule has 2 aliphatic rings. The van der Waals surface area contributed by atoms with Crippen LogP contribution in [0.5, 0.6) is 0 Å². The van der Waals surface area contributed by atoms with Crippen LogP contribution in [0.2, 0.25) is 0 Å². The standard InChI is InChI=1S/C22H25N3O4/c1-14-19-17(26)5-2-6-18(19)29-20(14)22(28)25-10-7-16(8-11-25)21(27)24-13-15-4-3-9-23-12-15/h3-4,9,12,16H,2,5-8,10-11,13H2,1H3,(H,24,27). The van der Waals surface area contributed by atoms with E-state index in [4.69, 9.17) is 4.42 Å². The number of ketones is 1. The Bertz CT molecular complexity index is 927. The first-order chi connectivity index (χ1) is 14.0. The van der Waals surface area contributed by atoms with Crippen molar-refractivity contribution in [1.29, 1.82) is 0 Å². The Morgan fingerprint density at radius 3 is 2.76 bits per heavy atom. The highest BCUT2D eigenvalue weighted by Crippen LogP contribution is 2.31. The van der Waals surface area contributed by atoms with Crippen LogP contribution in [0, 0.1) is 12.8 Å². The molecule has 1 N–H and O–H groups in total. The van der Waals surface area contributed by atoms with Crippen molar-refractivity contribution < 1.29 is 18.8 Å². The fourth-order valence-electron chi connectivity index (χ4n) is 4.18. The van der Waals surface area contributed by atoms with Gasteiger partial charge in [0.2, 0.25) is 5.91 Å². The van der Waals surface area contributed by atoms with E-state index in [9.17, 15) is 14.4 Å². The van der Waals surface area contributed by atoms with E-state index < -0.39 is 0 Å². The summed E-state index contributed by atoms with van der Waals surface area (Å²) >= 11 is 0. The second kappa shape index (κ2) is 8.19. The molecule has 0 saturated carbocycles. The Morgan fingerprint density at radius 2 is 2.07 bits per heavy atom. The average molecular weight is 395 g/mol. The summed E-state index contributed by atoms with van der Waals surface area (Å²) in [5.74, 6) is 0.713. The maximum absolute atomic E-state index is 12.9. The Hall–Kier alpha value is -2.96. The van der Waals surface area contributed by atoms with Gasteiger partial charge in [-0.25, -0.2) is 0 Å². The normalized spacial score (nSPS) is 17.1. The minimum atomic E-state index is -0.182. The smallest absolute Gasteiger partial charge is 0.289 e. The van der Waals surface area contributed by atoms with Gasteiger partial charge in [-0.3, -0.25) is 19.4 Å². The molecule has 3 heterocycles. The van der Waals surface area contributed by atoms with Crippen LogP contribution < -0.4 is 5.32 Å². The molecule has 0 radical (unpaired) electrons. The molecule has 1 fully saturated rings. The molecule has 2 aromatic heterocycles. The first-order valence-electron chi connectivity index (χ1n) is 10.2. The molecule has 0 aromatic carbocycles. The average Bonchev–Trinajstić information content (AvgIpc) is 3.10. The third-order valence-electron chi connectivity index (χ3n) is 5.84. The van der Waals surface area contributed by atoms with Crippen LogP contribution in [-0.2, 0) is 17.8 Å². The van der Waals surface area contributed by atoms with E-state index in [0.29, 0.717) is 62.2 Å². The Kier molecular flexibility index (Phi) is 5.47. The number of likely N-dealkylation sites (tertiary alicyclic amines) is 1. The van der Waals surface area contributed by atoms with Crippen LogP contribution in [0.15, 0.2) is 28.9 Å². The molecule has 29 heavy (non-hydrogen) atoms. The van der Waals surface area contributed by atoms with Crippen molar-refractivity contribution in [3.8, 4) is 0 Å². The lowest BCUT2D eigenvalue weighted by Crippen LogP contribution is -2.43. The van der Waals surface area contributed by atoms with E-state index in [2.05, 4.69) is 10.3 Å². The molecule has 7 nitrogen and oxygen atoms in total. The van der Waals surface area contributed by atoms with Gasteiger partial charge in [0.05, 0.1) is 5.56 Å². The number of carbonyl (C=O) groups is 3. The number of aromatic nitrogens is 1. The molecule has 0 unspecified atom stereocenters. The van der Waals surface area contributed by atoms with Crippen LogP contribution in [0.3, 0.4) is 0 Å². The zero-order valence-corrected chi connectivity index (χ0v) is 16.6. The summed E-state index contributed by atoms with van der Waals surface area (Å²) in [5.41, 5.74) is 2.22. The monoisotopic (exact) mass is 395 g/mol. The van der Waals surface area contributed by atoms with Crippen molar-refractivity contribution in [2.24, 2.45) is 5.92 Å². The van der Waals surface area contributed by atoms with Crippen LogP contribution in [0.1, 0.15) is 63.5 Å². The number of hydrogen-bond acceptors (Lipinski definition) is 5. The summed E-state index contributed by atoms with van der Waals surface area (Å²) in [6.45, 7) is 3.25. The molecule has 1 saturated heterocycles. The summed E-state index contributed by atoms with van der Waals surface area (Å²) in [5, 5.41) is 2.95. The van der Waals surface area contributed by atoms with Crippen molar-refractivity contribution in [2.75, 3.05) is 13.1 Å². The van der Waals surface area contributed by atoms with Crippen molar-refractivity contribution in [1.82, 2.24) is 15.2 Å². The highest BCUT2D eigenvalue weighted by Gasteiger charge is 2.33. The second-order valence-electron chi connectivity index (χ2n) is 7.78. The maximum Gasteiger partial charge on any atom is 0.289 e. The van der Waals surface area contributed by atoms with Crippen LogP contribution in [-0.4, -0.2) is 40.6 Å². The fourth-order valence-corrected chi connectivity index (χ4v) is 4.18. The molecule has 1 aliphatic heterocycles. The lowest BCUT2D eigenvalue weighted by molar-refractivity contribution is -0.126. The zero-order chi connectivity index (χ0) is 20.4. The SMILES string of the molecule is Cc1c(C(=O)N2CCC(C(=O)NCc3cccnc3)CC2)oc2c1C(=O)CCC2. The van der Waals surface area contributed by atoms with E-state index >= 15 is 0 Å². The topological polar surface area (TPSA) is 92.5 Å². The summed E-state index contributed by atoms with van der Waals surface area (Å²) < 4.78 is 5.79. The van der Waals surface area contributed by atoms with Gasteiger partial charge in [-0.1, -0.05) is 6.07 Å². The lowest BCUT2D eigenvalue weighted by atomic mass is 9.93. The highest BCUT2D eigenvalue weighted by atomic mass is 16.4. The van der Waals surface area contributed by atoms with Crippen LogP contribution in [0.25, 0.3) is 0 Å². The minimum Gasteiger partial charge on any atom is -0.455 e. The number of Topliss-reactive ketones (excluding diaryl/α,β-unsaturated/α-hetero) is 1. The molecule has 0 atom stereocenters. The first kappa shape index (κ1) is 19.4. The van der Waals surface area contributed by atoms with Gasteiger partial charge in [-0.05, 0) is 37.8 Å². The van der Waals surface area contributed by atoms with E-state index in [-0.39, 0.29) is 29.3 Å². The summed E-state index contributed by atoms with van der Waals surface area (Å²) in [7, 11) is 0. The molecule has 7 heteroatoms. The number of pyridine rings is 1. The van der Waals surface area contributed by atoms with E-state index in [1.165, 1.54) is 0 Å². The molecule has 152 valence electrons. The minimum absolute atomic E-state index is 0.0104. The van der Waals surface area contributed by atoms with E-state index in [1.54, 1.807) is 24.2 Å². The van der Waals surface area contributed by atoms with Crippen molar-refractivity contribution >= 4 is 17.6 Å². The Morgan fingerprint density at radius 1 is 1.28 bits per heavy atom. The molecule has 0 bridgehead atoms. The molecular weight excluding hydrogens is 370 g/mol. The van der Waals surface area contributed by atoms with Gasteiger partial charge in [-0.15, -0.1) is 0 Å². The number of rotatable bonds is 4. The van der Waals surface area contributed by atoms with Crippen molar-refractivity contribution in [2.45, 2.75) is 45.6 Å². The second-order valence-corrected chi connectivity index (χ2v) is 7.78. The summed E-state index contributed by atoms with van der Waals surface area (Å²) in [6.07, 6.45) is 6.65. The van der Waals surface area contributed by atoms with Gasteiger partial charge in [-0.2, -0.15) is 0 Å². The zero-order valence-electron chi connectivity index (χ0n) is 16.6. The number of fused-ring (bicyclic) bond motifs is 1. The maximum atomic E-state index is 12.9. The molecule has 2 amide bonds. The summed E-state index contributed by atoms with van der Waals surface area (Å²) in [4.78, 5) is 43.3. The van der Waals surface area contributed by atoms with Gasteiger partial charge in [0.15, 0.2) is 11.5 Å². The third kappa shape index (κ3) is 3.95. The number of nitrogens with one attached hydrogen (secondary N) is 1. The third-order valence-corrected chi connectivity index (χ3v) is 5.84. The number of nitrogens with zero attached hydrogens (tertiary/aromatic N) is 2. The Balaban J connectivity index is 1.34. The van der Waals surface area contributed by atoms with Crippen LogP contribution >= 0.6 is 0 Å². The molecular formula is C22H25N3O4. The molecule has 2 aromatic rings. The van der Waals surface area contributed by atoms with Gasteiger partial charge < -0.3 is 14.6 Å². The largest absolute Gasteiger partial charge is 0.455 e. The highest BCUT2D eigenvalue weighted by molar-refractivity contribution is 6.03. The lowest BCUT2D eigenvalue weighted by Gasteiger charge is -2.31. The number of piperidine rings is 1. The van der Waals surface area contributed by atoms with E-state index in [0.717, 1.165) is 12.0 Å². The molecule has 1 aliphatic carbocycles. The summed E-state index contributed by atoms with van der Waals surface area (Å²) in [6, 6.07) is 3.76. The van der Waals surface area contributed by atoms with Gasteiger partial charge in [0.1, 0.15) is 5.76 Å². The predicted octanol–water partition coefficient (Wildman–Crippen LogP) is 2.67. The number of hydrogen-bond donors (Lipinski definition) is 1. The molecule has 0 spiro atoms.